The van der Waals surface area contributed by atoms with Crippen LogP contribution in [0.25, 0.3) is 0 Å². The van der Waals surface area contributed by atoms with Crippen molar-refractivity contribution in [3.8, 4) is 0 Å². The third kappa shape index (κ3) is 4.46. The molecule has 0 bridgehead atoms. The van der Waals surface area contributed by atoms with Crippen LogP contribution in [0, 0.1) is 0 Å². The molecule has 0 aromatic heterocycles. The van der Waals surface area contributed by atoms with Crippen LogP contribution in [0.1, 0.15) is 30.9 Å². The summed E-state index contributed by atoms with van der Waals surface area (Å²) < 4.78 is 37.9. The highest BCUT2D eigenvalue weighted by Crippen LogP contribution is 2.29. The van der Waals surface area contributed by atoms with E-state index in [1.165, 1.54) is 12.1 Å². The summed E-state index contributed by atoms with van der Waals surface area (Å²) in [6.45, 7) is 3.37. The van der Waals surface area contributed by atoms with E-state index in [1.807, 2.05) is 0 Å². The number of hydrogen-bond acceptors (Lipinski definition) is 2. The number of halogens is 3. The van der Waals surface area contributed by atoms with E-state index >= 15 is 0 Å². The van der Waals surface area contributed by atoms with Gasteiger partial charge in [0, 0.05) is 32.6 Å². The fourth-order valence-corrected chi connectivity index (χ4v) is 2.52. The van der Waals surface area contributed by atoms with Crippen LogP contribution in [0.4, 0.5) is 13.2 Å². The van der Waals surface area contributed by atoms with Crippen molar-refractivity contribution in [2.24, 2.45) is 0 Å². The van der Waals surface area contributed by atoms with Gasteiger partial charge in [-0.15, -0.1) is 0 Å². The van der Waals surface area contributed by atoms with Crippen LogP contribution < -0.4 is 5.32 Å². The van der Waals surface area contributed by atoms with Crippen LogP contribution in [0.2, 0.25) is 0 Å². The maximum atomic E-state index is 12.6. The average Bonchev–Trinajstić information content (AvgIpc) is 2.45. The van der Waals surface area contributed by atoms with Gasteiger partial charge in [0.05, 0.1) is 5.56 Å². The van der Waals surface area contributed by atoms with Crippen molar-refractivity contribution in [1.82, 2.24) is 10.2 Å². The number of carbonyl (C=O) groups is 1. The Morgan fingerprint density at radius 3 is 2.57 bits per heavy atom. The number of amides is 1. The Balaban J connectivity index is 1.85. The molecule has 1 N–H and O–H groups in total. The van der Waals surface area contributed by atoms with E-state index in [4.69, 9.17) is 0 Å². The molecule has 21 heavy (non-hydrogen) atoms. The zero-order chi connectivity index (χ0) is 15.5. The Bertz CT molecular complexity index is 494. The lowest BCUT2D eigenvalue weighted by Crippen LogP contribution is -2.43. The molecular weight excluding hydrogens is 281 g/mol. The molecule has 0 saturated carbocycles. The highest BCUT2D eigenvalue weighted by atomic mass is 19.4. The van der Waals surface area contributed by atoms with Crippen molar-refractivity contribution >= 4 is 5.91 Å². The van der Waals surface area contributed by atoms with Crippen LogP contribution in [0.5, 0.6) is 0 Å². The van der Waals surface area contributed by atoms with Crippen molar-refractivity contribution in [3.05, 3.63) is 35.4 Å². The number of nitrogens with one attached hydrogen (secondary N) is 1. The summed E-state index contributed by atoms with van der Waals surface area (Å²) in [7, 11) is 0. The quantitative estimate of drug-likeness (QED) is 0.931. The van der Waals surface area contributed by atoms with Crippen molar-refractivity contribution in [2.45, 2.75) is 38.5 Å². The standard InChI is InChI=1S/C15H19F3N2O/c1-11(21)20-7-5-14(6-8-20)19-10-12-3-2-4-13(9-12)15(16,17)18/h2-4,9,14,19H,5-8,10H2,1H3. The van der Waals surface area contributed by atoms with Gasteiger partial charge in [0.1, 0.15) is 0 Å². The number of alkyl halides is 3. The molecule has 1 saturated heterocycles. The van der Waals surface area contributed by atoms with E-state index in [0.717, 1.165) is 18.9 Å². The normalized spacial score (nSPS) is 17.0. The van der Waals surface area contributed by atoms with Crippen molar-refractivity contribution in [2.75, 3.05) is 13.1 Å². The van der Waals surface area contributed by atoms with Gasteiger partial charge in [0.2, 0.25) is 5.91 Å². The van der Waals surface area contributed by atoms with Crippen LogP contribution in [-0.4, -0.2) is 29.9 Å². The molecule has 3 nitrogen and oxygen atoms in total. The molecule has 1 amide bonds. The van der Waals surface area contributed by atoms with Gasteiger partial charge in [-0.05, 0) is 24.5 Å². The minimum absolute atomic E-state index is 0.0753. The molecule has 0 radical (unpaired) electrons. The lowest BCUT2D eigenvalue weighted by molar-refractivity contribution is -0.137. The molecule has 1 aliphatic rings. The fraction of sp³-hybridized carbons (Fsp3) is 0.533. The minimum atomic E-state index is -4.30. The van der Waals surface area contributed by atoms with E-state index in [1.54, 1.807) is 17.9 Å². The zero-order valence-corrected chi connectivity index (χ0v) is 11.9. The van der Waals surface area contributed by atoms with Gasteiger partial charge in [-0.1, -0.05) is 18.2 Å². The molecule has 1 aliphatic heterocycles. The van der Waals surface area contributed by atoms with E-state index in [0.29, 0.717) is 25.2 Å². The van der Waals surface area contributed by atoms with Crippen molar-refractivity contribution in [3.63, 3.8) is 0 Å². The lowest BCUT2D eigenvalue weighted by Gasteiger charge is -2.31. The number of carbonyl (C=O) groups excluding carboxylic acids is 1. The zero-order valence-electron chi connectivity index (χ0n) is 11.9. The smallest absolute Gasteiger partial charge is 0.343 e. The Morgan fingerprint density at radius 2 is 2.00 bits per heavy atom. The first-order valence-corrected chi connectivity index (χ1v) is 7.01. The highest BCUT2D eigenvalue weighted by molar-refractivity contribution is 5.73. The van der Waals surface area contributed by atoms with Gasteiger partial charge >= 0.3 is 6.18 Å². The fourth-order valence-electron chi connectivity index (χ4n) is 2.52. The molecule has 0 spiro atoms. The van der Waals surface area contributed by atoms with E-state index in [9.17, 15) is 18.0 Å². The summed E-state index contributed by atoms with van der Waals surface area (Å²) in [5.74, 6) is 0.0753. The summed E-state index contributed by atoms with van der Waals surface area (Å²) in [5.41, 5.74) is 0.00650. The second kappa shape index (κ2) is 6.47. The first kappa shape index (κ1) is 15.8. The van der Waals surface area contributed by atoms with Gasteiger partial charge < -0.3 is 10.2 Å². The first-order valence-electron chi connectivity index (χ1n) is 7.01. The lowest BCUT2D eigenvalue weighted by atomic mass is 10.0. The number of benzene rings is 1. The van der Waals surface area contributed by atoms with Gasteiger partial charge in [-0.25, -0.2) is 0 Å². The van der Waals surface area contributed by atoms with Gasteiger partial charge in [0.15, 0.2) is 0 Å². The first-order chi connectivity index (χ1) is 9.86. The third-order valence-electron chi connectivity index (χ3n) is 3.79. The minimum Gasteiger partial charge on any atom is -0.343 e. The van der Waals surface area contributed by atoms with E-state index in [2.05, 4.69) is 5.32 Å². The van der Waals surface area contributed by atoms with E-state index < -0.39 is 11.7 Å². The second-order valence-corrected chi connectivity index (χ2v) is 5.36. The molecule has 1 aromatic rings. The number of rotatable bonds is 3. The van der Waals surface area contributed by atoms with E-state index in [-0.39, 0.29) is 11.9 Å². The molecule has 2 rings (SSSR count). The SMILES string of the molecule is CC(=O)N1CCC(NCc2cccc(C(F)(F)F)c2)CC1. The summed E-state index contributed by atoms with van der Waals surface area (Å²) in [6.07, 6.45) is -2.64. The molecule has 6 heteroatoms. The van der Waals surface area contributed by atoms with Crippen LogP contribution in [0.3, 0.4) is 0 Å². The predicted octanol–water partition coefficient (Wildman–Crippen LogP) is 2.81. The topological polar surface area (TPSA) is 32.3 Å². The van der Waals surface area contributed by atoms with Gasteiger partial charge in [-0.3, -0.25) is 4.79 Å². The Labute approximate surface area is 122 Å². The molecule has 116 valence electrons. The predicted molar refractivity (Wildman–Crippen MR) is 73.6 cm³/mol. The summed E-state index contributed by atoms with van der Waals surface area (Å²) in [5, 5.41) is 3.27. The number of hydrogen-bond donors (Lipinski definition) is 1. The Hall–Kier alpha value is -1.56. The number of nitrogens with zero attached hydrogens (tertiary/aromatic N) is 1. The maximum absolute atomic E-state index is 12.6. The van der Waals surface area contributed by atoms with Gasteiger partial charge in [-0.2, -0.15) is 13.2 Å². The van der Waals surface area contributed by atoms with Crippen LogP contribution >= 0.6 is 0 Å². The summed E-state index contributed by atoms with van der Waals surface area (Å²) in [4.78, 5) is 13.0. The molecule has 0 unspecified atom stereocenters. The largest absolute Gasteiger partial charge is 0.416 e. The van der Waals surface area contributed by atoms with Gasteiger partial charge in [0.25, 0.3) is 0 Å². The van der Waals surface area contributed by atoms with Crippen LogP contribution in [-0.2, 0) is 17.5 Å². The molecule has 1 aromatic carbocycles. The molecule has 0 atom stereocenters. The highest BCUT2D eigenvalue weighted by Gasteiger charge is 2.30. The number of piperidine rings is 1. The number of likely N-dealkylation sites (tertiary alicyclic amines) is 1. The summed E-state index contributed by atoms with van der Waals surface area (Å²) in [6, 6.07) is 5.62. The third-order valence-corrected chi connectivity index (χ3v) is 3.79. The Kier molecular flexibility index (Phi) is 4.88. The second-order valence-electron chi connectivity index (χ2n) is 5.36. The monoisotopic (exact) mass is 300 g/mol. The molecule has 1 heterocycles. The molecule has 1 fully saturated rings. The Morgan fingerprint density at radius 1 is 1.33 bits per heavy atom. The molecular formula is C15H19F3N2O. The van der Waals surface area contributed by atoms with Crippen molar-refractivity contribution in [1.29, 1.82) is 0 Å². The average molecular weight is 300 g/mol. The molecule has 0 aliphatic carbocycles. The van der Waals surface area contributed by atoms with Crippen molar-refractivity contribution < 1.29 is 18.0 Å². The summed E-state index contributed by atoms with van der Waals surface area (Å²) >= 11 is 0. The van der Waals surface area contributed by atoms with Crippen LogP contribution in [0.15, 0.2) is 24.3 Å². The maximum Gasteiger partial charge on any atom is 0.416 e.